The van der Waals surface area contributed by atoms with Crippen molar-refractivity contribution in [2.75, 3.05) is 18.8 Å². The number of aliphatic hydroxyl groups is 2. The van der Waals surface area contributed by atoms with Crippen LogP contribution in [0.25, 0.3) is 0 Å². The molecule has 1 fully saturated rings. The Bertz CT molecular complexity index is 369. The van der Waals surface area contributed by atoms with Crippen LogP contribution in [0.15, 0.2) is 11.4 Å². The number of likely N-dealkylation sites (tertiary alicyclic amines) is 1. The summed E-state index contributed by atoms with van der Waals surface area (Å²) >= 11 is 1.27. The molecule has 1 amide bonds. The molecule has 1 aromatic rings. The Hall–Kier alpha value is -1.11. The zero-order valence-electron chi connectivity index (χ0n) is 7.96. The topological polar surface area (TPSA) is 86.8 Å². The van der Waals surface area contributed by atoms with Crippen LogP contribution in [-0.2, 0) is 0 Å². The van der Waals surface area contributed by atoms with Crippen molar-refractivity contribution in [2.45, 2.75) is 12.2 Å². The lowest BCUT2D eigenvalue weighted by Crippen LogP contribution is -2.29. The maximum atomic E-state index is 11.9. The molecule has 82 valence electrons. The van der Waals surface area contributed by atoms with Crippen LogP contribution in [0.1, 0.15) is 9.67 Å². The van der Waals surface area contributed by atoms with Crippen LogP contribution in [0.2, 0.25) is 0 Å². The molecule has 0 aromatic carbocycles. The average Bonchev–Trinajstić information content (AvgIpc) is 2.74. The summed E-state index contributed by atoms with van der Waals surface area (Å²) in [6, 6.07) is 1.67. The van der Waals surface area contributed by atoms with Gasteiger partial charge in [0.25, 0.3) is 5.91 Å². The lowest BCUT2D eigenvalue weighted by molar-refractivity contribution is 0.0572. The molecule has 0 spiro atoms. The number of rotatable bonds is 1. The van der Waals surface area contributed by atoms with Crippen LogP contribution in [0.3, 0.4) is 0 Å². The normalized spacial score (nSPS) is 25.9. The number of carbonyl (C=O) groups excluding carboxylic acids is 1. The molecular formula is C9H12N2O3S. The minimum absolute atomic E-state index is 0.164. The van der Waals surface area contributed by atoms with E-state index in [1.165, 1.54) is 16.2 Å². The Morgan fingerprint density at radius 1 is 1.47 bits per heavy atom. The van der Waals surface area contributed by atoms with E-state index in [4.69, 9.17) is 5.73 Å². The van der Waals surface area contributed by atoms with Gasteiger partial charge in [0.15, 0.2) is 0 Å². The number of hydrogen-bond donors (Lipinski definition) is 3. The molecule has 2 rings (SSSR count). The van der Waals surface area contributed by atoms with Gasteiger partial charge in [-0.15, -0.1) is 11.3 Å². The smallest absolute Gasteiger partial charge is 0.266 e. The monoisotopic (exact) mass is 228 g/mol. The molecule has 0 radical (unpaired) electrons. The maximum absolute atomic E-state index is 11.9. The van der Waals surface area contributed by atoms with E-state index in [-0.39, 0.29) is 19.0 Å². The predicted molar refractivity (Wildman–Crippen MR) is 56.6 cm³/mol. The van der Waals surface area contributed by atoms with Crippen molar-refractivity contribution >= 4 is 22.9 Å². The fourth-order valence-corrected chi connectivity index (χ4v) is 2.36. The third-order valence-electron chi connectivity index (χ3n) is 2.44. The third kappa shape index (κ3) is 1.83. The minimum Gasteiger partial charge on any atom is -0.397 e. The fraction of sp³-hybridized carbons (Fsp3) is 0.444. The molecule has 1 saturated heterocycles. The summed E-state index contributed by atoms with van der Waals surface area (Å²) in [5.74, 6) is -0.224. The summed E-state index contributed by atoms with van der Waals surface area (Å²) in [5, 5.41) is 20.4. The molecule has 5 nitrogen and oxygen atoms in total. The van der Waals surface area contributed by atoms with Gasteiger partial charge in [0.1, 0.15) is 4.88 Å². The Morgan fingerprint density at radius 2 is 2.07 bits per heavy atom. The van der Waals surface area contributed by atoms with Crippen LogP contribution in [-0.4, -0.2) is 46.3 Å². The number of aliphatic hydroxyl groups excluding tert-OH is 2. The molecule has 0 unspecified atom stereocenters. The number of β-amino-alcohol motifs (C(OH)–C–C–N with tert-alkyl or cyclic N) is 2. The molecule has 0 bridgehead atoms. The van der Waals surface area contributed by atoms with E-state index < -0.39 is 12.2 Å². The quantitative estimate of drug-likeness (QED) is 0.605. The van der Waals surface area contributed by atoms with E-state index in [2.05, 4.69) is 0 Å². The predicted octanol–water partition coefficient (Wildman–Crippen LogP) is -0.492. The second kappa shape index (κ2) is 3.80. The van der Waals surface area contributed by atoms with Gasteiger partial charge in [0.05, 0.1) is 17.9 Å². The van der Waals surface area contributed by atoms with Crippen molar-refractivity contribution < 1.29 is 15.0 Å². The van der Waals surface area contributed by atoms with Crippen molar-refractivity contribution in [3.8, 4) is 0 Å². The van der Waals surface area contributed by atoms with E-state index in [1.54, 1.807) is 11.4 Å². The SMILES string of the molecule is Nc1ccsc1C(=O)N1C[C@@H](O)[C@@H](O)C1. The molecule has 2 heterocycles. The number of amides is 1. The van der Waals surface area contributed by atoms with Crippen molar-refractivity contribution in [3.63, 3.8) is 0 Å². The first kappa shape index (κ1) is 10.4. The molecule has 0 aliphatic carbocycles. The second-order valence-electron chi connectivity index (χ2n) is 3.55. The first-order valence-corrected chi connectivity index (χ1v) is 5.46. The fourth-order valence-electron chi connectivity index (χ4n) is 1.57. The van der Waals surface area contributed by atoms with Gasteiger partial charge in [-0.05, 0) is 11.4 Å². The van der Waals surface area contributed by atoms with Gasteiger partial charge in [0, 0.05) is 13.1 Å². The Morgan fingerprint density at radius 3 is 2.53 bits per heavy atom. The van der Waals surface area contributed by atoms with Crippen LogP contribution < -0.4 is 5.73 Å². The second-order valence-corrected chi connectivity index (χ2v) is 4.47. The summed E-state index contributed by atoms with van der Waals surface area (Å²) in [7, 11) is 0. The highest BCUT2D eigenvalue weighted by Gasteiger charge is 2.33. The number of nitrogen functional groups attached to an aromatic ring is 1. The first-order valence-electron chi connectivity index (χ1n) is 4.58. The van der Waals surface area contributed by atoms with Crippen molar-refractivity contribution in [1.82, 2.24) is 4.90 Å². The molecule has 6 heteroatoms. The highest BCUT2D eigenvalue weighted by atomic mass is 32.1. The summed E-state index contributed by atoms with van der Waals surface area (Å²) in [5.41, 5.74) is 6.06. The minimum atomic E-state index is -0.852. The molecule has 1 aliphatic heterocycles. The zero-order chi connectivity index (χ0) is 11.0. The van der Waals surface area contributed by atoms with Crippen molar-refractivity contribution in [3.05, 3.63) is 16.3 Å². The first-order chi connectivity index (χ1) is 7.09. The number of nitrogens with zero attached hydrogens (tertiary/aromatic N) is 1. The van der Waals surface area contributed by atoms with E-state index >= 15 is 0 Å². The number of anilines is 1. The Labute approximate surface area is 90.7 Å². The summed E-state index contributed by atoms with van der Waals surface area (Å²) < 4.78 is 0. The van der Waals surface area contributed by atoms with E-state index in [0.717, 1.165) is 0 Å². The molecular weight excluding hydrogens is 216 g/mol. The Kier molecular flexibility index (Phi) is 2.64. The highest BCUT2D eigenvalue weighted by Crippen LogP contribution is 2.23. The summed E-state index contributed by atoms with van der Waals surface area (Å²) in [6.07, 6.45) is -1.70. The molecule has 2 atom stereocenters. The zero-order valence-corrected chi connectivity index (χ0v) is 8.78. The number of nitrogens with two attached hydrogens (primary N) is 1. The highest BCUT2D eigenvalue weighted by molar-refractivity contribution is 7.12. The van der Waals surface area contributed by atoms with Gasteiger partial charge < -0.3 is 20.8 Å². The Balaban J connectivity index is 2.13. The van der Waals surface area contributed by atoms with Crippen LogP contribution >= 0.6 is 11.3 Å². The van der Waals surface area contributed by atoms with E-state index in [1.807, 2.05) is 0 Å². The lowest BCUT2D eigenvalue weighted by Gasteiger charge is -2.14. The van der Waals surface area contributed by atoms with Crippen molar-refractivity contribution in [2.24, 2.45) is 0 Å². The molecule has 1 aliphatic rings. The summed E-state index contributed by atoms with van der Waals surface area (Å²) in [6.45, 7) is 0.328. The van der Waals surface area contributed by atoms with E-state index in [9.17, 15) is 15.0 Å². The molecule has 0 saturated carbocycles. The summed E-state index contributed by atoms with van der Waals surface area (Å²) in [4.78, 5) is 13.7. The van der Waals surface area contributed by atoms with Gasteiger partial charge in [-0.25, -0.2) is 0 Å². The maximum Gasteiger partial charge on any atom is 0.266 e. The van der Waals surface area contributed by atoms with Crippen LogP contribution in [0.4, 0.5) is 5.69 Å². The van der Waals surface area contributed by atoms with Crippen LogP contribution in [0, 0.1) is 0 Å². The lowest BCUT2D eigenvalue weighted by atomic mass is 10.3. The van der Waals surface area contributed by atoms with Gasteiger partial charge in [-0.1, -0.05) is 0 Å². The number of carbonyl (C=O) groups is 1. The van der Waals surface area contributed by atoms with Gasteiger partial charge in [0.2, 0.25) is 0 Å². The van der Waals surface area contributed by atoms with Gasteiger partial charge in [-0.2, -0.15) is 0 Å². The standard InChI is InChI=1S/C9H12N2O3S/c10-5-1-2-15-8(5)9(14)11-3-6(12)7(13)4-11/h1-2,6-7,12-13H,3-4,10H2/t6-,7+. The van der Waals surface area contributed by atoms with Crippen LogP contribution in [0.5, 0.6) is 0 Å². The largest absolute Gasteiger partial charge is 0.397 e. The van der Waals surface area contributed by atoms with E-state index in [0.29, 0.717) is 10.6 Å². The molecule has 4 N–H and O–H groups in total. The van der Waals surface area contributed by atoms with Crippen molar-refractivity contribution in [1.29, 1.82) is 0 Å². The molecule has 15 heavy (non-hydrogen) atoms. The van der Waals surface area contributed by atoms with Gasteiger partial charge in [-0.3, -0.25) is 4.79 Å². The van der Waals surface area contributed by atoms with Gasteiger partial charge >= 0.3 is 0 Å². The third-order valence-corrected chi connectivity index (χ3v) is 3.35. The number of thiophene rings is 1. The molecule has 1 aromatic heterocycles. The number of hydrogen-bond acceptors (Lipinski definition) is 5. The average molecular weight is 228 g/mol.